The first kappa shape index (κ1) is 16.0. The molecule has 0 saturated heterocycles. The third-order valence-electron chi connectivity index (χ3n) is 0. The Bertz CT molecular complexity index is 74.6. The first-order chi connectivity index (χ1) is 3.46. The van der Waals surface area contributed by atoms with Gasteiger partial charge in [-0.3, -0.25) is 0 Å². The minimum Gasteiger partial charge on any atom is -0.520 e. The van der Waals surface area contributed by atoms with Crippen molar-refractivity contribution in [1.29, 1.82) is 0 Å². The van der Waals surface area contributed by atoms with Crippen molar-refractivity contribution in [3.05, 3.63) is 0 Å². The summed E-state index contributed by atoms with van der Waals surface area (Å²) in [6.07, 6.45) is -5.17. The van der Waals surface area contributed by atoms with Crippen LogP contribution < -0.4 is 10.2 Å². The Balaban J connectivity index is -0.0000000720. The Kier molecular flexibility index (Phi) is 19.5. The molecule has 0 aliphatic carbocycles. The Morgan fingerprint density at radius 1 is 1.00 bits per heavy atom. The van der Waals surface area contributed by atoms with Gasteiger partial charge in [-0.2, -0.15) is 8.78 Å². The fourth-order valence-corrected chi connectivity index (χ4v) is 0. The third-order valence-corrected chi connectivity index (χ3v) is 0. The average Bonchev–Trinajstić information content (AvgIpc) is 1.25. The van der Waals surface area contributed by atoms with E-state index in [0.717, 1.165) is 0 Å². The molecule has 4 nitrogen and oxygen atoms in total. The first-order valence-corrected chi connectivity index (χ1v) is 1.19. The predicted molar refractivity (Wildman–Crippen MR) is 18.8 cm³/mol. The fourth-order valence-electron chi connectivity index (χ4n) is 0. The zero-order valence-corrected chi connectivity index (χ0v) is 6.30. The normalized spacial score (nSPS) is 5.56. The maximum absolute atomic E-state index is 9.81. The van der Waals surface area contributed by atoms with E-state index in [1.807, 2.05) is 0 Å². The summed E-state index contributed by atoms with van der Waals surface area (Å²) in [5.41, 5.74) is 0. The number of halogens is 2. The number of hydrogen-bond acceptors (Lipinski definition) is 4. The summed E-state index contributed by atoms with van der Waals surface area (Å²) in [4.78, 5) is 16.4. The van der Waals surface area contributed by atoms with E-state index in [4.69, 9.17) is 19.8 Å². The van der Waals surface area contributed by atoms with E-state index in [1.54, 1.807) is 0 Å². The maximum Gasteiger partial charge on any atom is 2.00 e. The average molecular weight is 166 g/mol. The molecule has 0 aromatic heterocycles. The van der Waals surface area contributed by atoms with Gasteiger partial charge < -0.3 is 19.8 Å². The van der Waals surface area contributed by atoms with E-state index in [1.165, 1.54) is 0 Å². The predicted octanol–water partition coefficient (Wildman–Crippen LogP) is -1.78. The number of hydrogen-bond donors (Lipinski definition) is 0. The van der Waals surface area contributed by atoms with Crippen LogP contribution in [0.4, 0.5) is 18.4 Å². The van der Waals surface area contributed by atoms with Crippen LogP contribution in [-0.4, -0.2) is 50.2 Å². The van der Waals surface area contributed by atoms with Crippen molar-refractivity contribution >= 4 is 50.2 Å². The summed E-state index contributed by atoms with van der Waals surface area (Å²) < 4.78 is 19.6. The maximum atomic E-state index is 9.81. The van der Waals surface area contributed by atoms with E-state index in [0.29, 0.717) is 0 Å². The zero-order valence-electron chi connectivity index (χ0n) is 4.10. The van der Waals surface area contributed by atoms with Crippen molar-refractivity contribution in [2.75, 3.05) is 0 Å². The molecule has 0 saturated carbocycles. The number of carboxylic acid groups (broad SMARTS) is 2. The summed E-state index contributed by atoms with van der Waals surface area (Å²) in [5, 5.41) is 16.4. The van der Waals surface area contributed by atoms with E-state index in [2.05, 4.69) is 0 Å². The van der Waals surface area contributed by atoms with Crippen molar-refractivity contribution in [3.63, 3.8) is 0 Å². The topological polar surface area (TPSA) is 80.3 Å². The van der Waals surface area contributed by atoms with Crippen LogP contribution in [0, 0.1) is 0 Å². The fraction of sp³-hybridized carbons (Fsp3) is 0. The molecule has 7 heteroatoms. The molecule has 0 bridgehead atoms. The van der Waals surface area contributed by atoms with Crippen LogP contribution >= 0.6 is 0 Å². The van der Waals surface area contributed by atoms with Crippen molar-refractivity contribution in [2.45, 2.75) is 0 Å². The standard InChI is InChI=1S/2CHFO2.Ca/c2*2-1(3)4;/h2*(H,3,4);/q;;+2/p-2. The van der Waals surface area contributed by atoms with Gasteiger partial charge in [0.2, 0.25) is 12.4 Å². The van der Waals surface area contributed by atoms with Crippen molar-refractivity contribution in [3.8, 4) is 0 Å². The van der Waals surface area contributed by atoms with Crippen LogP contribution in [0.1, 0.15) is 0 Å². The largest absolute Gasteiger partial charge is 2.00 e. The summed E-state index contributed by atoms with van der Waals surface area (Å²) in [6.45, 7) is 0. The van der Waals surface area contributed by atoms with Gasteiger partial charge in [-0.05, 0) is 0 Å². The van der Waals surface area contributed by atoms with Gasteiger partial charge in [0.05, 0.1) is 0 Å². The van der Waals surface area contributed by atoms with Crippen LogP contribution in [0.5, 0.6) is 0 Å². The molecular formula is C2CaF2O4. The molecule has 0 aliphatic rings. The molecule has 0 unspecified atom stereocenters. The van der Waals surface area contributed by atoms with Crippen molar-refractivity contribution in [2.24, 2.45) is 0 Å². The molecule has 0 aromatic carbocycles. The van der Waals surface area contributed by atoms with Gasteiger partial charge in [0, 0.05) is 0 Å². The van der Waals surface area contributed by atoms with Crippen LogP contribution in [0.3, 0.4) is 0 Å². The van der Waals surface area contributed by atoms with Crippen LogP contribution in [0.15, 0.2) is 0 Å². The quantitative estimate of drug-likeness (QED) is 0.314. The molecule has 0 radical (unpaired) electrons. The number of carbonyl (C=O) groups excluding carboxylic acids is 2. The first-order valence-electron chi connectivity index (χ1n) is 1.19. The minimum absolute atomic E-state index is 0. The number of carbonyl (C=O) groups is 2. The van der Waals surface area contributed by atoms with E-state index < -0.39 is 12.4 Å². The Morgan fingerprint density at radius 3 is 1.00 bits per heavy atom. The molecule has 0 fully saturated rings. The second-order valence-corrected chi connectivity index (χ2v) is 0.475. The minimum atomic E-state index is -2.58. The molecule has 0 rings (SSSR count). The van der Waals surface area contributed by atoms with Crippen LogP contribution in [0.25, 0.3) is 0 Å². The molecule has 48 valence electrons. The Hall–Kier alpha value is 0.0597. The smallest absolute Gasteiger partial charge is 0.520 e. The third kappa shape index (κ3) is 82900. The second kappa shape index (κ2) is 10.9. The van der Waals surface area contributed by atoms with Gasteiger partial charge in [0.1, 0.15) is 0 Å². The molecule has 0 atom stereocenters. The summed E-state index contributed by atoms with van der Waals surface area (Å²) in [6, 6.07) is 0. The van der Waals surface area contributed by atoms with Crippen LogP contribution in [-0.2, 0) is 0 Å². The SMILES string of the molecule is O=C([O-])F.O=C([O-])F.[Ca+2]. The molecule has 0 amide bonds. The van der Waals surface area contributed by atoms with Gasteiger partial charge >= 0.3 is 37.7 Å². The second-order valence-electron chi connectivity index (χ2n) is 0.475. The molecule has 0 spiro atoms. The van der Waals surface area contributed by atoms with Crippen molar-refractivity contribution in [1.82, 2.24) is 0 Å². The number of rotatable bonds is 0. The van der Waals surface area contributed by atoms with E-state index in [9.17, 15) is 8.78 Å². The molecule has 0 aromatic rings. The van der Waals surface area contributed by atoms with Gasteiger partial charge in [-0.25, -0.2) is 0 Å². The summed E-state index contributed by atoms with van der Waals surface area (Å²) in [7, 11) is 0. The Labute approximate surface area is 78.5 Å². The van der Waals surface area contributed by atoms with E-state index >= 15 is 0 Å². The molecule has 0 aliphatic heterocycles. The molecular weight excluding hydrogens is 166 g/mol. The van der Waals surface area contributed by atoms with Gasteiger partial charge in [-0.1, -0.05) is 0 Å². The van der Waals surface area contributed by atoms with E-state index in [-0.39, 0.29) is 37.7 Å². The monoisotopic (exact) mass is 166 g/mol. The van der Waals surface area contributed by atoms with Gasteiger partial charge in [-0.15, -0.1) is 0 Å². The van der Waals surface area contributed by atoms with Gasteiger partial charge in [0.25, 0.3) is 0 Å². The molecule has 0 heterocycles. The molecule has 9 heavy (non-hydrogen) atoms. The molecule has 0 N–H and O–H groups in total. The zero-order chi connectivity index (χ0) is 7.15. The Morgan fingerprint density at radius 2 is 1.00 bits per heavy atom. The summed E-state index contributed by atoms with van der Waals surface area (Å²) in [5.74, 6) is 0. The van der Waals surface area contributed by atoms with Gasteiger partial charge in [0.15, 0.2) is 0 Å². The van der Waals surface area contributed by atoms with Crippen molar-refractivity contribution < 1.29 is 28.6 Å². The van der Waals surface area contributed by atoms with Crippen LogP contribution in [0.2, 0.25) is 0 Å². The summed E-state index contributed by atoms with van der Waals surface area (Å²) >= 11 is 0.